The molecule has 37 heavy (non-hydrogen) atoms. The van der Waals surface area contributed by atoms with E-state index in [0.717, 1.165) is 17.7 Å². The van der Waals surface area contributed by atoms with E-state index in [4.69, 9.17) is 10.7 Å². The predicted octanol–water partition coefficient (Wildman–Crippen LogP) is 3.40. The van der Waals surface area contributed by atoms with Gasteiger partial charge in [0.25, 0.3) is 5.91 Å². The summed E-state index contributed by atoms with van der Waals surface area (Å²) in [6.07, 6.45) is 7.62. The minimum Gasteiger partial charge on any atom is -0.369 e. The number of aromatic nitrogens is 5. The fourth-order valence-electron chi connectivity index (χ4n) is 4.90. The van der Waals surface area contributed by atoms with Crippen molar-refractivity contribution in [3.05, 3.63) is 78.4 Å². The van der Waals surface area contributed by atoms with Gasteiger partial charge in [-0.3, -0.25) is 9.59 Å². The minimum absolute atomic E-state index is 0.0194. The molecule has 6 rings (SSSR count). The van der Waals surface area contributed by atoms with Gasteiger partial charge in [0.1, 0.15) is 18.0 Å². The van der Waals surface area contributed by atoms with Crippen molar-refractivity contribution in [2.75, 3.05) is 24.1 Å². The fraction of sp³-hybridized carbons (Fsp3) is 0.259. The number of nitrogen functional groups attached to an aromatic ring is 1. The van der Waals surface area contributed by atoms with Crippen LogP contribution in [0.5, 0.6) is 0 Å². The van der Waals surface area contributed by atoms with Crippen molar-refractivity contribution in [1.82, 2.24) is 29.2 Å². The highest BCUT2D eigenvalue weighted by atomic mass is 16.2. The lowest BCUT2D eigenvalue weighted by molar-refractivity contribution is -0.125. The molecule has 3 aromatic heterocycles. The Labute approximate surface area is 213 Å². The number of nitrogens with one attached hydrogen (secondary N) is 1. The van der Waals surface area contributed by atoms with Crippen LogP contribution in [0.1, 0.15) is 52.7 Å². The molecule has 1 unspecified atom stereocenters. The summed E-state index contributed by atoms with van der Waals surface area (Å²) in [6.45, 7) is 4.75. The van der Waals surface area contributed by atoms with Crippen molar-refractivity contribution in [3.63, 3.8) is 0 Å². The molecular weight excluding hydrogens is 468 g/mol. The summed E-state index contributed by atoms with van der Waals surface area (Å²) in [7, 11) is 0. The van der Waals surface area contributed by atoms with Crippen LogP contribution in [0, 0.1) is 0 Å². The van der Waals surface area contributed by atoms with Gasteiger partial charge in [0.05, 0.1) is 5.69 Å². The Morgan fingerprint density at radius 1 is 1.05 bits per heavy atom. The second-order valence-corrected chi connectivity index (χ2v) is 9.47. The zero-order chi connectivity index (χ0) is 25.5. The van der Waals surface area contributed by atoms with Crippen LogP contribution in [0.2, 0.25) is 0 Å². The highest BCUT2D eigenvalue weighted by Crippen LogP contribution is 2.40. The van der Waals surface area contributed by atoms with Gasteiger partial charge >= 0.3 is 0 Å². The summed E-state index contributed by atoms with van der Waals surface area (Å²) in [5, 5.41) is 2.89. The van der Waals surface area contributed by atoms with E-state index in [1.165, 1.54) is 30.8 Å². The summed E-state index contributed by atoms with van der Waals surface area (Å²) in [5.74, 6) is 1.67. The van der Waals surface area contributed by atoms with Crippen LogP contribution >= 0.6 is 0 Å². The lowest BCUT2D eigenvalue weighted by Gasteiger charge is -2.13. The Morgan fingerprint density at radius 3 is 2.62 bits per heavy atom. The molecule has 1 saturated carbocycles. The normalized spacial score (nSPS) is 17.2. The number of rotatable bonds is 6. The number of benzene rings is 1. The molecule has 2 fully saturated rings. The maximum absolute atomic E-state index is 12.9. The number of carbonyl (C=O) groups excluding carboxylic acids is 2. The van der Waals surface area contributed by atoms with Gasteiger partial charge in [-0.05, 0) is 61.1 Å². The lowest BCUT2D eigenvalue weighted by atomic mass is 10.1. The summed E-state index contributed by atoms with van der Waals surface area (Å²) >= 11 is 0. The number of nitrogens with zero attached hydrogens (tertiary/aromatic N) is 6. The van der Waals surface area contributed by atoms with Gasteiger partial charge in [-0.15, -0.1) is 0 Å². The smallest absolute Gasteiger partial charge is 0.256 e. The van der Waals surface area contributed by atoms with E-state index in [1.54, 1.807) is 27.6 Å². The van der Waals surface area contributed by atoms with Crippen molar-refractivity contribution < 1.29 is 9.59 Å². The largest absolute Gasteiger partial charge is 0.369 e. The SMILES string of the molecule is C=CC(=O)N1CCC(c2nc(-c3ccc(C(=O)Nc4cc(C5CC5)ccn4)cc3)n3c(N)ncnc23)C1. The number of hydrogen-bond acceptors (Lipinski definition) is 7. The van der Waals surface area contributed by atoms with Gasteiger partial charge in [0, 0.05) is 36.3 Å². The topological polar surface area (TPSA) is 131 Å². The number of carbonyl (C=O) groups is 2. The van der Waals surface area contributed by atoms with E-state index in [0.29, 0.717) is 41.9 Å². The maximum atomic E-state index is 12.9. The molecule has 0 bridgehead atoms. The third-order valence-electron chi connectivity index (χ3n) is 7.02. The first kappa shape index (κ1) is 22.8. The number of amides is 2. The molecule has 1 aliphatic carbocycles. The van der Waals surface area contributed by atoms with E-state index < -0.39 is 0 Å². The molecule has 186 valence electrons. The highest BCUT2D eigenvalue weighted by molar-refractivity contribution is 6.04. The third kappa shape index (κ3) is 4.31. The van der Waals surface area contributed by atoms with Crippen LogP contribution in [-0.2, 0) is 4.79 Å². The zero-order valence-corrected chi connectivity index (χ0v) is 20.2. The zero-order valence-electron chi connectivity index (χ0n) is 20.2. The van der Waals surface area contributed by atoms with Crippen molar-refractivity contribution >= 4 is 29.2 Å². The van der Waals surface area contributed by atoms with Crippen molar-refractivity contribution in [3.8, 4) is 11.4 Å². The summed E-state index contributed by atoms with van der Waals surface area (Å²) in [4.78, 5) is 44.5. The third-order valence-corrected chi connectivity index (χ3v) is 7.02. The van der Waals surface area contributed by atoms with Crippen molar-refractivity contribution in [1.29, 1.82) is 0 Å². The second kappa shape index (κ2) is 9.12. The monoisotopic (exact) mass is 494 g/mol. The average molecular weight is 495 g/mol. The molecule has 10 heteroatoms. The standard InChI is InChI=1S/C27H26N8O2/c1-2-22(36)34-12-10-20(14-34)23-25-30-15-31-27(28)35(25)24(33-23)17-5-7-18(8-6-17)26(37)32-21-13-19(9-11-29-21)16-3-4-16/h2,5-9,11,13,15-16,20H,1,3-4,10,12,14H2,(H2,28,30,31)(H,29,32,37). The number of hydrogen-bond donors (Lipinski definition) is 2. The van der Waals surface area contributed by atoms with E-state index in [1.807, 2.05) is 24.3 Å². The molecule has 2 amide bonds. The first-order valence-electron chi connectivity index (χ1n) is 12.3. The predicted molar refractivity (Wildman–Crippen MR) is 139 cm³/mol. The van der Waals surface area contributed by atoms with Gasteiger partial charge in [-0.2, -0.15) is 0 Å². The summed E-state index contributed by atoms with van der Waals surface area (Å²) in [5.41, 5.74) is 10.1. The van der Waals surface area contributed by atoms with Gasteiger partial charge in [-0.1, -0.05) is 18.7 Å². The fourth-order valence-corrected chi connectivity index (χ4v) is 4.90. The number of nitrogens with two attached hydrogens (primary N) is 1. The van der Waals surface area contributed by atoms with E-state index in [2.05, 4.69) is 26.8 Å². The molecule has 3 N–H and O–H groups in total. The second-order valence-electron chi connectivity index (χ2n) is 9.47. The van der Waals surface area contributed by atoms with Crippen molar-refractivity contribution in [2.45, 2.75) is 31.1 Å². The van der Waals surface area contributed by atoms with Crippen LogP contribution in [0.15, 0.2) is 61.6 Å². The quantitative estimate of drug-likeness (QED) is 0.393. The average Bonchev–Trinajstić information content (AvgIpc) is 3.53. The number of pyridine rings is 1. The van der Waals surface area contributed by atoms with Crippen LogP contribution in [0.3, 0.4) is 0 Å². The molecular formula is C27H26N8O2. The highest BCUT2D eigenvalue weighted by Gasteiger charge is 2.31. The Bertz CT molecular complexity index is 1520. The van der Waals surface area contributed by atoms with E-state index in [-0.39, 0.29) is 23.7 Å². The van der Waals surface area contributed by atoms with Crippen LogP contribution in [-0.4, -0.2) is 54.1 Å². The van der Waals surface area contributed by atoms with Crippen LogP contribution in [0.4, 0.5) is 11.8 Å². The number of anilines is 2. The van der Waals surface area contributed by atoms with Crippen LogP contribution < -0.4 is 11.1 Å². The molecule has 0 spiro atoms. The minimum atomic E-state index is -0.235. The van der Waals surface area contributed by atoms with Gasteiger partial charge in [-0.25, -0.2) is 24.3 Å². The number of fused-ring (bicyclic) bond motifs is 1. The van der Waals surface area contributed by atoms with Gasteiger partial charge < -0.3 is 16.0 Å². The summed E-state index contributed by atoms with van der Waals surface area (Å²) in [6, 6.07) is 11.1. The number of likely N-dealkylation sites (tertiary alicyclic amines) is 1. The molecule has 4 heterocycles. The molecule has 4 aromatic rings. The van der Waals surface area contributed by atoms with E-state index in [9.17, 15) is 9.59 Å². The molecule has 10 nitrogen and oxygen atoms in total. The van der Waals surface area contributed by atoms with Crippen LogP contribution in [0.25, 0.3) is 17.0 Å². The Balaban J connectivity index is 1.27. The molecule has 1 aromatic carbocycles. The Hall–Kier alpha value is -4.60. The molecule has 0 radical (unpaired) electrons. The Morgan fingerprint density at radius 2 is 1.86 bits per heavy atom. The lowest BCUT2D eigenvalue weighted by Crippen LogP contribution is -2.26. The molecule has 1 aliphatic heterocycles. The Kier molecular flexibility index (Phi) is 5.63. The number of imidazole rings is 1. The van der Waals surface area contributed by atoms with Crippen molar-refractivity contribution in [2.24, 2.45) is 0 Å². The first-order chi connectivity index (χ1) is 18.0. The molecule has 1 saturated heterocycles. The molecule has 1 atom stereocenters. The molecule has 2 aliphatic rings. The maximum Gasteiger partial charge on any atom is 0.256 e. The summed E-state index contributed by atoms with van der Waals surface area (Å²) < 4.78 is 1.72. The van der Waals surface area contributed by atoms with E-state index >= 15 is 0 Å². The van der Waals surface area contributed by atoms with Gasteiger partial charge in [0.15, 0.2) is 5.65 Å². The van der Waals surface area contributed by atoms with Gasteiger partial charge in [0.2, 0.25) is 11.9 Å². The first-order valence-corrected chi connectivity index (χ1v) is 12.3.